The second kappa shape index (κ2) is 4.49. The largest absolute Gasteiger partial charge is 0.391 e. The molecule has 2 atom stereocenters. The number of hydrogen-bond donors (Lipinski definition) is 1. The van der Waals surface area contributed by atoms with Gasteiger partial charge in [-0.25, -0.2) is 0 Å². The van der Waals surface area contributed by atoms with Gasteiger partial charge in [-0.1, -0.05) is 6.42 Å². The Morgan fingerprint density at radius 1 is 1.50 bits per heavy atom. The van der Waals surface area contributed by atoms with E-state index in [-0.39, 0.29) is 19.3 Å². The van der Waals surface area contributed by atoms with E-state index in [9.17, 15) is 13.2 Å². The Balaban J connectivity index is 2.06. The number of hydrogen-bond acceptors (Lipinski definition) is 4. The molecule has 0 amide bonds. The molecule has 1 saturated carbocycles. The normalized spacial score (nSPS) is 29.5. The molecule has 2 N–H and O–H groups in total. The second-order valence-corrected chi connectivity index (χ2v) is 5.07. The van der Waals surface area contributed by atoms with Gasteiger partial charge in [0.1, 0.15) is 0 Å². The van der Waals surface area contributed by atoms with Crippen LogP contribution in [0.2, 0.25) is 0 Å². The number of aryl methyl sites for hydroxylation is 1. The Labute approximate surface area is 103 Å². The SMILES string of the molecule is Cn1nnc(CC2(N)CCCC(C(F)(F)F)C2)n1. The maximum atomic E-state index is 12.7. The fourth-order valence-corrected chi connectivity index (χ4v) is 2.54. The Hall–Kier alpha value is -1.18. The van der Waals surface area contributed by atoms with E-state index in [1.807, 2.05) is 0 Å². The average Bonchev–Trinajstić information content (AvgIpc) is 2.62. The fourth-order valence-electron chi connectivity index (χ4n) is 2.54. The molecule has 0 radical (unpaired) electrons. The number of nitrogens with two attached hydrogens (primary N) is 1. The van der Waals surface area contributed by atoms with Crippen LogP contribution in [0.1, 0.15) is 31.5 Å². The molecule has 5 nitrogen and oxygen atoms in total. The number of halogens is 3. The van der Waals surface area contributed by atoms with E-state index in [2.05, 4.69) is 15.4 Å². The van der Waals surface area contributed by atoms with Crippen molar-refractivity contribution < 1.29 is 13.2 Å². The number of rotatable bonds is 2. The molecule has 0 bridgehead atoms. The summed E-state index contributed by atoms with van der Waals surface area (Å²) in [6, 6.07) is 0. The lowest BCUT2D eigenvalue weighted by molar-refractivity contribution is -0.187. The Kier molecular flexibility index (Phi) is 3.31. The number of nitrogens with zero attached hydrogens (tertiary/aromatic N) is 4. The lowest BCUT2D eigenvalue weighted by Gasteiger charge is -2.38. The molecule has 8 heteroatoms. The van der Waals surface area contributed by atoms with Gasteiger partial charge in [0, 0.05) is 12.0 Å². The van der Waals surface area contributed by atoms with Crippen molar-refractivity contribution >= 4 is 0 Å². The lowest BCUT2D eigenvalue weighted by Crippen LogP contribution is -2.49. The first-order valence-corrected chi connectivity index (χ1v) is 5.87. The molecule has 1 aromatic heterocycles. The molecular formula is C10H16F3N5. The van der Waals surface area contributed by atoms with Gasteiger partial charge in [0.05, 0.1) is 13.0 Å². The van der Waals surface area contributed by atoms with E-state index in [0.717, 1.165) is 0 Å². The fraction of sp³-hybridized carbons (Fsp3) is 0.900. The first kappa shape index (κ1) is 13.3. The van der Waals surface area contributed by atoms with Crippen molar-refractivity contribution in [3.8, 4) is 0 Å². The maximum Gasteiger partial charge on any atom is 0.391 e. The number of aromatic nitrogens is 4. The molecule has 1 aliphatic rings. The molecular weight excluding hydrogens is 247 g/mol. The highest BCUT2D eigenvalue weighted by Gasteiger charge is 2.46. The maximum absolute atomic E-state index is 12.7. The van der Waals surface area contributed by atoms with Crippen LogP contribution in [0.25, 0.3) is 0 Å². The number of alkyl halides is 3. The molecule has 2 rings (SSSR count). The van der Waals surface area contributed by atoms with E-state index >= 15 is 0 Å². The summed E-state index contributed by atoms with van der Waals surface area (Å²) in [5.41, 5.74) is 5.20. The van der Waals surface area contributed by atoms with Gasteiger partial charge in [0.2, 0.25) is 0 Å². The predicted octanol–water partition coefficient (Wildman–Crippen LogP) is 1.20. The summed E-state index contributed by atoms with van der Waals surface area (Å²) in [5, 5.41) is 11.4. The standard InChI is InChI=1S/C10H16F3N5/c1-18-16-8(15-17-18)6-9(14)4-2-3-7(5-9)10(11,12)13/h7H,2-6,14H2,1H3. The van der Waals surface area contributed by atoms with Gasteiger partial charge in [-0.15, -0.1) is 10.2 Å². The van der Waals surface area contributed by atoms with Crippen molar-refractivity contribution in [3.63, 3.8) is 0 Å². The minimum absolute atomic E-state index is 0.0608. The molecule has 1 heterocycles. The van der Waals surface area contributed by atoms with Gasteiger partial charge in [0.15, 0.2) is 5.82 Å². The molecule has 0 spiro atoms. The molecule has 0 saturated heterocycles. The first-order valence-electron chi connectivity index (χ1n) is 5.87. The van der Waals surface area contributed by atoms with E-state index in [1.165, 1.54) is 4.80 Å². The molecule has 0 aromatic carbocycles. The summed E-state index contributed by atoms with van der Waals surface area (Å²) in [7, 11) is 1.61. The number of tetrazole rings is 1. The molecule has 0 aliphatic heterocycles. The zero-order chi connectivity index (χ0) is 13.4. The van der Waals surface area contributed by atoms with Crippen LogP contribution in [0.5, 0.6) is 0 Å². The quantitative estimate of drug-likeness (QED) is 0.870. The highest BCUT2D eigenvalue weighted by atomic mass is 19.4. The molecule has 1 aliphatic carbocycles. The van der Waals surface area contributed by atoms with Gasteiger partial charge >= 0.3 is 6.18 Å². The molecule has 1 aromatic rings. The van der Waals surface area contributed by atoms with E-state index < -0.39 is 17.6 Å². The Morgan fingerprint density at radius 2 is 2.22 bits per heavy atom. The average molecular weight is 263 g/mol. The Bertz CT molecular complexity index is 416. The summed E-state index contributed by atoms with van der Waals surface area (Å²) in [6.07, 6.45) is -2.77. The van der Waals surface area contributed by atoms with Crippen LogP contribution >= 0.6 is 0 Å². The summed E-state index contributed by atoms with van der Waals surface area (Å²) in [6.45, 7) is 0. The summed E-state index contributed by atoms with van der Waals surface area (Å²) in [4.78, 5) is 1.28. The first-order chi connectivity index (χ1) is 8.28. The van der Waals surface area contributed by atoms with Crippen LogP contribution in [-0.2, 0) is 13.5 Å². The smallest absolute Gasteiger partial charge is 0.325 e. The third-order valence-electron chi connectivity index (χ3n) is 3.40. The zero-order valence-electron chi connectivity index (χ0n) is 10.1. The van der Waals surface area contributed by atoms with Crippen LogP contribution < -0.4 is 5.73 Å². The van der Waals surface area contributed by atoms with Crippen LogP contribution in [0, 0.1) is 5.92 Å². The topological polar surface area (TPSA) is 69.6 Å². The summed E-state index contributed by atoms with van der Waals surface area (Å²) < 4.78 is 38.2. The van der Waals surface area contributed by atoms with Gasteiger partial charge in [-0.2, -0.15) is 18.0 Å². The second-order valence-electron chi connectivity index (χ2n) is 5.07. The van der Waals surface area contributed by atoms with Crippen LogP contribution in [-0.4, -0.2) is 31.9 Å². The van der Waals surface area contributed by atoms with Crippen LogP contribution in [0.3, 0.4) is 0 Å². The van der Waals surface area contributed by atoms with Crippen molar-refractivity contribution in [1.29, 1.82) is 0 Å². The van der Waals surface area contributed by atoms with Gasteiger partial charge in [-0.05, 0) is 24.5 Å². The Morgan fingerprint density at radius 3 is 2.78 bits per heavy atom. The highest BCUT2D eigenvalue weighted by Crippen LogP contribution is 2.41. The van der Waals surface area contributed by atoms with Crippen LogP contribution in [0.4, 0.5) is 13.2 Å². The summed E-state index contributed by atoms with van der Waals surface area (Å²) in [5.74, 6) is -0.907. The minimum atomic E-state index is -4.17. The molecule has 1 fully saturated rings. The van der Waals surface area contributed by atoms with Crippen molar-refractivity contribution in [3.05, 3.63) is 5.82 Å². The minimum Gasteiger partial charge on any atom is -0.325 e. The monoisotopic (exact) mass is 263 g/mol. The van der Waals surface area contributed by atoms with Crippen molar-refractivity contribution in [2.45, 2.75) is 43.8 Å². The third kappa shape index (κ3) is 2.98. The van der Waals surface area contributed by atoms with Crippen LogP contribution in [0.15, 0.2) is 0 Å². The molecule has 2 unspecified atom stereocenters. The highest BCUT2D eigenvalue weighted by molar-refractivity contribution is 4.99. The van der Waals surface area contributed by atoms with Gasteiger partial charge in [0.25, 0.3) is 0 Å². The lowest BCUT2D eigenvalue weighted by atomic mass is 9.74. The van der Waals surface area contributed by atoms with Crippen molar-refractivity contribution in [1.82, 2.24) is 20.2 Å². The molecule has 18 heavy (non-hydrogen) atoms. The van der Waals surface area contributed by atoms with Crippen molar-refractivity contribution in [2.75, 3.05) is 0 Å². The summed E-state index contributed by atoms with van der Waals surface area (Å²) >= 11 is 0. The van der Waals surface area contributed by atoms with Gasteiger partial charge < -0.3 is 5.73 Å². The van der Waals surface area contributed by atoms with E-state index in [0.29, 0.717) is 18.7 Å². The predicted molar refractivity (Wildman–Crippen MR) is 57.4 cm³/mol. The molecule has 102 valence electrons. The van der Waals surface area contributed by atoms with Crippen molar-refractivity contribution in [2.24, 2.45) is 18.7 Å². The zero-order valence-corrected chi connectivity index (χ0v) is 10.1. The van der Waals surface area contributed by atoms with E-state index in [4.69, 9.17) is 5.73 Å². The van der Waals surface area contributed by atoms with Gasteiger partial charge in [-0.3, -0.25) is 0 Å². The third-order valence-corrected chi connectivity index (χ3v) is 3.40. The van der Waals surface area contributed by atoms with E-state index in [1.54, 1.807) is 7.05 Å².